The molecule has 0 radical (unpaired) electrons. The summed E-state index contributed by atoms with van der Waals surface area (Å²) in [7, 11) is 1.26. The first-order valence-corrected chi connectivity index (χ1v) is 23.4. The van der Waals surface area contributed by atoms with Crippen LogP contribution in [0, 0.1) is 12.7 Å². The number of nitrogens with one attached hydrogen (secondary N) is 2. The van der Waals surface area contributed by atoms with Gasteiger partial charge in [-0.15, -0.1) is 0 Å². The molecule has 0 aliphatic carbocycles. The smallest absolute Gasteiger partial charge is 0.150 e. The molecule has 5 aromatic rings. The number of halogens is 2. The van der Waals surface area contributed by atoms with Crippen LogP contribution in [0.5, 0.6) is 5.75 Å². The van der Waals surface area contributed by atoms with E-state index in [1.807, 2.05) is 27.0 Å². The van der Waals surface area contributed by atoms with Gasteiger partial charge >= 0.3 is 166 Å². The standard InChI is InChI=1S/C40H56FIN12O5S/c1-9-21-54(8,42-56)53-33-13-11-30(22-34(33)50(7)40(53)55)29-15-19-51(20-16-29)18-10-17-49(6)60(57,58)35-14-12-32(36(41)28(35)4)44-25-45-39-38(59-27(2)3)37(31-23-47-48-24-31)46-26-52(39)43-5/h11-14,22-24,26-27,29,44,56H,5,9-10,15-21,25H2,1-4,6-8H3,(H,47,48)/b45-39-. The minimum atomic E-state index is -3.98. The first kappa shape index (κ1) is 45.1. The molecule has 0 saturated carbocycles. The second kappa shape index (κ2) is 19.1. The van der Waals surface area contributed by atoms with Gasteiger partial charge in [-0.05, 0) is 32.9 Å². The van der Waals surface area contributed by atoms with E-state index in [2.05, 4.69) is 61.3 Å². The Morgan fingerprint density at radius 1 is 1.22 bits per heavy atom. The quantitative estimate of drug-likeness (QED) is 0.0654. The van der Waals surface area contributed by atoms with Gasteiger partial charge in [0.05, 0.1) is 22.9 Å². The van der Waals surface area contributed by atoms with Crippen molar-refractivity contribution in [2.75, 3.05) is 58.8 Å². The van der Waals surface area contributed by atoms with E-state index in [0.717, 1.165) is 49.9 Å². The van der Waals surface area contributed by atoms with E-state index in [1.165, 1.54) is 47.0 Å². The minimum Gasteiger partial charge on any atom is -0.204 e. The van der Waals surface area contributed by atoms with Gasteiger partial charge in [0.1, 0.15) is 18.7 Å². The molecule has 3 aromatic heterocycles. The van der Waals surface area contributed by atoms with Gasteiger partial charge in [0.15, 0.2) is 17.1 Å². The fourth-order valence-electron chi connectivity index (χ4n) is 7.76. The number of aromatic nitrogens is 6. The van der Waals surface area contributed by atoms with Crippen molar-refractivity contribution in [3.8, 4) is 17.0 Å². The Balaban J connectivity index is 1.06. The van der Waals surface area contributed by atoms with Gasteiger partial charge in [-0.1, -0.05) is 0 Å². The van der Waals surface area contributed by atoms with Crippen LogP contribution in [0.25, 0.3) is 22.3 Å². The van der Waals surface area contributed by atoms with Crippen LogP contribution < -0.4 is 45.9 Å². The second-order valence-corrected chi connectivity index (χ2v) is 20.0. The van der Waals surface area contributed by atoms with Crippen molar-refractivity contribution in [2.24, 2.45) is 17.1 Å². The number of sulfonamides is 1. The number of hydrogen-bond acceptors (Lipinski definition) is 11. The van der Waals surface area contributed by atoms with Crippen LogP contribution in [-0.4, -0.2) is 116 Å². The fraction of sp³-hybridized carbons (Fsp3) is 0.475. The molecule has 1 unspecified atom stereocenters. The molecule has 4 heterocycles. The Morgan fingerprint density at radius 3 is 2.62 bits per heavy atom. The molecule has 1 aliphatic heterocycles. The summed E-state index contributed by atoms with van der Waals surface area (Å²) in [5.41, 5.74) is 4.33. The van der Waals surface area contributed by atoms with E-state index >= 15 is 4.39 Å². The number of piperidine rings is 1. The average Bonchev–Trinajstić information content (AvgIpc) is 3.86. The predicted molar refractivity (Wildman–Crippen MR) is 227 cm³/mol. The van der Waals surface area contributed by atoms with Crippen LogP contribution in [0.4, 0.5) is 10.1 Å². The Bertz CT molecular complexity index is 2550. The summed E-state index contributed by atoms with van der Waals surface area (Å²) in [6.45, 7) is 14.2. The number of nitrogens with zero attached hydrogens (tertiary/aromatic N) is 10. The SMILES string of the molecule is C=Nn1cnc(-c2cn[nH]c2)c(OC(C)C)/c1=N/CNc1ccc(S(=O)(=O)N(C)CCCN2CCC(c3ccc4c(c3)n(C)c(=O)n4[N+](C)(CCC)[I-]O)CC2)c(C)c1F. The maximum atomic E-state index is 15.8. The first-order chi connectivity index (χ1) is 28.6. The molecule has 3 N–H and O–H groups in total. The molecule has 326 valence electrons. The molecule has 0 amide bonds. The molecule has 17 nitrogen and oxygen atoms in total. The zero-order valence-electron chi connectivity index (χ0n) is 35.3. The predicted octanol–water partition coefficient (Wildman–Crippen LogP) is 0.876. The molecular formula is C40H56FIN12O5S. The van der Waals surface area contributed by atoms with Gasteiger partial charge in [-0.3, -0.25) is 5.10 Å². The number of anilines is 1. The molecule has 1 atom stereocenters. The topological polar surface area (TPSA) is 180 Å². The maximum Gasteiger partial charge on any atom is 0.150 e. The fourth-order valence-corrected chi connectivity index (χ4v) is 10.5. The van der Waals surface area contributed by atoms with Crippen molar-refractivity contribution in [2.45, 2.75) is 70.3 Å². The number of imidazole rings is 1. The molecule has 2 aromatic carbocycles. The summed E-state index contributed by atoms with van der Waals surface area (Å²) in [6, 6.07) is 9.08. The number of H-pyrrole nitrogens is 1. The van der Waals surface area contributed by atoms with Gasteiger partial charge < -0.3 is 10.1 Å². The number of rotatable bonds is 18. The van der Waals surface area contributed by atoms with Crippen LogP contribution in [0.2, 0.25) is 0 Å². The zero-order valence-corrected chi connectivity index (χ0v) is 38.2. The molecule has 1 aliphatic rings. The second-order valence-electron chi connectivity index (χ2n) is 15.4. The zero-order chi connectivity index (χ0) is 43.4. The van der Waals surface area contributed by atoms with Gasteiger partial charge in [0.25, 0.3) is 0 Å². The van der Waals surface area contributed by atoms with E-state index < -0.39 is 37.7 Å². The summed E-state index contributed by atoms with van der Waals surface area (Å²) >= 11 is -1.27. The van der Waals surface area contributed by atoms with E-state index in [9.17, 15) is 16.6 Å². The molecule has 0 spiro atoms. The minimum absolute atomic E-state index is 0.00505. The number of aromatic amines is 1. The largest absolute Gasteiger partial charge is 0.204 e. The number of ether oxygens (including phenoxy) is 1. The van der Waals surface area contributed by atoms with Crippen molar-refractivity contribution in [3.05, 3.63) is 82.0 Å². The number of hydrogen-bond donors (Lipinski definition) is 3. The van der Waals surface area contributed by atoms with Gasteiger partial charge in [0, 0.05) is 37.6 Å². The molecule has 1 saturated heterocycles. The molecule has 6 rings (SSSR count). The molecule has 0 bridgehead atoms. The third-order valence-corrected chi connectivity index (χ3v) is 14.9. The number of likely N-dealkylation sites (tertiary alicyclic amines) is 1. The van der Waals surface area contributed by atoms with Crippen LogP contribution in [0.1, 0.15) is 63.5 Å². The Kier molecular flexibility index (Phi) is 14.3. The summed E-state index contributed by atoms with van der Waals surface area (Å²) in [4.78, 5) is 24.6. The number of aryl methyl sites for hydroxylation is 1. The van der Waals surface area contributed by atoms with Crippen molar-refractivity contribution in [3.63, 3.8) is 0 Å². The third-order valence-electron chi connectivity index (χ3n) is 11.0. The van der Waals surface area contributed by atoms with Crippen LogP contribution >= 0.6 is 0 Å². The van der Waals surface area contributed by atoms with Crippen LogP contribution in [0.3, 0.4) is 0 Å². The number of quaternary nitrogens is 1. The molecule has 20 heteroatoms. The summed E-state index contributed by atoms with van der Waals surface area (Å²) < 4.78 is 65.9. The first-order valence-electron chi connectivity index (χ1n) is 20.0. The summed E-state index contributed by atoms with van der Waals surface area (Å²) in [5.74, 6) is -0.00507. The molecule has 1 fully saturated rings. The van der Waals surface area contributed by atoms with Crippen molar-refractivity contribution >= 4 is 33.5 Å². The third kappa shape index (κ3) is 9.22. The molecule has 60 heavy (non-hydrogen) atoms. The Labute approximate surface area is 361 Å². The van der Waals surface area contributed by atoms with Crippen LogP contribution in [-0.2, 0) is 17.1 Å². The number of fused-ring (bicyclic) bond motifs is 1. The number of benzene rings is 2. The Hall–Kier alpha value is -4.48. The summed E-state index contributed by atoms with van der Waals surface area (Å²) in [5, 5.41) is 13.7. The Morgan fingerprint density at radius 2 is 1.97 bits per heavy atom. The van der Waals surface area contributed by atoms with Gasteiger partial charge in [-0.2, -0.15) is 10.2 Å². The summed E-state index contributed by atoms with van der Waals surface area (Å²) in [6.07, 6.45) is 7.86. The van der Waals surface area contributed by atoms with Crippen molar-refractivity contribution in [1.29, 1.82) is 0 Å². The van der Waals surface area contributed by atoms with E-state index in [4.69, 9.17) is 4.74 Å². The van der Waals surface area contributed by atoms with Gasteiger partial charge in [-0.25, -0.2) is 31.8 Å². The maximum absolute atomic E-state index is 15.8. The van der Waals surface area contributed by atoms with Crippen molar-refractivity contribution < 1.29 is 42.9 Å². The average molecular weight is 963 g/mol. The van der Waals surface area contributed by atoms with Crippen LogP contribution in [0.15, 0.2) is 68.8 Å². The molecular weight excluding hydrogens is 906 g/mol. The van der Waals surface area contributed by atoms with Gasteiger partial charge in [0.2, 0.25) is 10.0 Å². The normalized spacial score (nSPS) is 15.7. The van der Waals surface area contributed by atoms with Crippen molar-refractivity contribution in [1.82, 2.24) is 41.1 Å². The van der Waals surface area contributed by atoms with E-state index in [0.29, 0.717) is 41.4 Å². The van der Waals surface area contributed by atoms with E-state index in [-0.39, 0.29) is 44.0 Å². The monoisotopic (exact) mass is 962 g/mol. The van der Waals surface area contributed by atoms with E-state index in [1.54, 1.807) is 28.7 Å².